The molecule has 1 N–H and O–H groups in total. The predicted octanol–water partition coefficient (Wildman–Crippen LogP) is 4.58. The van der Waals surface area contributed by atoms with Crippen LogP contribution in [0.15, 0.2) is 30.3 Å². The van der Waals surface area contributed by atoms with Crippen LogP contribution in [0.4, 0.5) is 14.9 Å². The molecule has 7 nitrogen and oxygen atoms in total. The molecule has 0 bridgehead atoms. The van der Waals surface area contributed by atoms with Crippen molar-refractivity contribution < 1.29 is 28.6 Å². The van der Waals surface area contributed by atoms with Gasteiger partial charge in [0.25, 0.3) is 0 Å². The molecule has 1 aliphatic heterocycles. The third-order valence-corrected chi connectivity index (χ3v) is 5.68. The number of carbonyl (C=O) groups excluding carboxylic acids is 2. The SMILES string of the molecule is CCOC(=O)C(C)(C)Oc1c(C)cc(CN2C(=O)N(c3ccc(F)c(Cl)c3)CC2O)cc1C. The van der Waals surface area contributed by atoms with Crippen LogP contribution < -0.4 is 9.64 Å². The van der Waals surface area contributed by atoms with Gasteiger partial charge in [-0.05, 0) is 69.5 Å². The Morgan fingerprint density at radius 3 is 2.45 bits per heavy atom. The zero-order valence-electron chi connectivity index (χ0n) is 19.3. The van der Waals surface area contributed by atoms with Crippen LogP contribution in [0.1, 0.15) is 37.5 Å². The molecular formula is C24H28ClFN2O5. The highest BCUT2D eigenvalue weighted by Crippen LogP contribution is 2.32. The largest absolute Gasteiger partial charge is 0.476 e. The lowest BCUT2D eigenvalue weighted by Crippen LogP contribution is -2.40. The number of nitrogens with zero attached hydrogens (tertiary/aromatic N) is 2. The second kappa shape index (κ2) is 9.57. The molecule has 1 atom stereocenters. The number of aliphatic hydroxyl groups is 1. The Labute approximate surface area is 197 Å². The number of rotatable bonds is 7. The number of ether oxygens (including phenoxy) is 2. The summed E-state index contributed by atoms with van der Waals surface area (Å²) < 4.78 is 24.6. The van der Waals surface area contributed by atoms with Gasteiger partial charge in [0.05, 0.1) is 24.7 Å². The zero-order chi connectivity index (χ0) is 24.5. The van der Waals surface area contributed by atoms with E-state index < -0.39 is 29.6 Å². The summed E-state index contributed by atoms with van der Waals surface area (Å²) in [6, 6.07) is 7.27. The van der Waals surface area contributed by atoms with Crippen LogP contribution in [-0.2, 0) is 16.1 Å². The Bertz CT molecular complexity index is 1050. The third-order valence-electron chi connectivity index (χ3n) is 5.39. The van der Waals surface area contributed by atoms with Crippen LogP contribution in [0.2, 0.25) is 5.02 Å². The standard InChI is InChI=1S/C24H28ClFN2O5/c1-6-32-22(30)24(4,5)33-21-14(2)9-16(10-15(21)3)12-28-20(29)13-27(23(28)31)17-7-8-19(26)18(25)11-17/h7-11,20,29H,6,12-13H2,1-5H3. The zero-order valence-corrected chi connectivity index (χ0v) is 20.1. The highest BCUT2D eigenvalue weighted by Gasteiger charge is 2.37. The molecule has 178 valence electrons. The number of aryl methyl sites for hydroxylation is 2. The summed E-state index contributed by atoms with van der Waals surface area (Å²) in [4.78, 5) is 27.8. The van der Waals surface area contributed by atoms with Gasteiger partial charge in [0.1, 0.15) is 17.8 Å². The molecule has 2 amide bonds. The minimum Gasteiger partial charge on any atom is -0.476 e. The van der Waals surface area contributed by atoms with Crippen LogP contribution in [0.5, 0.6) is 5.75 Å². The highest BCUT2D eigenvalue weighted by atomic mass is 35.5. The fourth-order valence-corrected chi connectivity index (χ4v) is 3.93. The van der Waals surface area contributed by atoms with E-state index in [-0.39, 0.29) is 24.7 Å². The van der Waals surface area contributed by atoms with Gasteiger partial charge < -0.3 is 14.6 Å². The molecule has 0 spiro atoms. The lowest BCUT2D eigenvalue weighted by molar-refractivity contribution is -0.158. The molecule has 2 aromatic rings. The van der Waals surface area contributed by atoms with Gasteiger partial charge in [-0.2, -0.15) is 0 Å². The fourth-order valence-electron chi connectivity index (χ4n) is 3.75. The number of hydrogen-bond donors (Lipinski definition) is 1. The van der Waals surface area contributed by atoms with Gasteiger partial charge in [0, 0.05) is 5.69 Å². The van der Waals surface area contributed by atoms with Gasteiger partial charge in [-0.25, -0.2) is 14.0 Å². The van der Waals surface area contributed by atoms with Crippen molar-refractivity contribution in [3.63, 3.8) is 0 Å². The molecule has 9 heteroatoms. The monoisotopic (exact) mass is 478 g/mol. The molecular weight excluding hydrogens is 451 g/mol. The average Bonchev–Trinajstić information content (AvgIpc) is 3.01. The van der Waals surface area contributed by atoms with E-state index in [1.807, 2.05) is 26.0 Å². The number of amides is 2. The van der Waals surface area contributed by atoms with Crippen molar-refractivity contribution in [2.75, 3.05) is 18.1 Å². The van der Waals surface area contributed by atoms with Crippen molar-refractivity contribution in [3.8, 4) is 5.75 Å². The molecule has 1 unspecified atom stereocenters. The van der Waals surface area contributed by atoms with Gasteiger partial charge in [0.15, 0.2) is 5.60 Å². The maximum atomic E-state index is 13.5. The van der Waals surface area contributed by atoms with E-state index in [9.17, 15) is 19.1 Å². The molecule has 1 saturated heterocycles. The number of esters is 1. The molecule has 33 heavy (non-hydrogen) atoms. The van der Waals surface area contributed by atoms with E-state index >= 15 is 0 Å². The van der Waals surface area contributed by atoms with Gasteiger partial charge in [0.2, 0.25) is 0 Å². The first-order valence-electron chi connectivity index (χ1n) is 10.6. The summed E-state index contributed by atoms with van der Waals surface area (Å²) >= 11 is 5.85. The summed E-state index contributed by atoms with van der Waals surface area (Å²) in [5.74, 6) is -0.476. The second-order valence-corrected chi connectivity index (χ2v) is 8.90. The van der Waals surface area contributed by atoms with Crippen LogP contribution >= 0.6 is 11.6 Å². The number of aliphatic hydroxyl groups excluding tert-OH is 1. The summed E-state index contributed by atoms with van der Waals surface area (Å²) in [5.41, 5.74) is 1.60. The van der Waals surface area contributed by atoms with Crippen molar-refractivity contribution in [1.82, 2.24) is 4.90 Å². The normalized spacial score (nSPS) is 16.4. The number of β-amino-alcohol motifs (C(OH)–C–C–N with tert-alkyl or cyclic N) is 1. The van der Waals surface area contributed by atoms with Gasteiger partial charge in [-0.3, -0.25) is 9.80 Å². The van der Waals surface area contributed by atoms with Crippen LogP contribution in [-0.4, -0.2) is 47.0 Å². The first-order chi connectivity index (χ1) is 15.4. The van der Waals surface area contributed by atoms with Crippen LogP contribution in [0.3, 0.4) is 0 Å². The van der Waals surface area contributed by atoms with Gasteiger partial charge >= 0.3 is 12.0 Å². The number of hydrogen-bond acceptors (Lipinski definition) is 5. The number of urea groups is 1. The molecule has 0 aliphatic carbocycles. The van der Waals surface area contributed by atoms with Crippen molar-refractivity contribution >= 4 is 29.3 Å². The van der Waals surface area contributed by atoms with E-state index in [2.05, 4.69) is 0 Å². The molecule has 0 saturated carbocycles. The van der Waals surface area contributed by atoms with Gasteiger partial charge in [-0.15, -0.1) is 0 Å². The Hall–Kier alpha value is -2.84. The van der Waals surface area contributed by atoms with E-state index in [4.69, 9.17) is 21.1 Å². The van der Waals surface area contributed by atoms with Crippen molar-refractivity contribution in [2.45, 2.75) is 53.0 Å². The van der Waals surface area contributed by atoms with Crippen molar-refractivity contribution in [3.05, 3.63) is 57.9 Å². The summed E-state index contributed by atoms with van der Waals surface area (Å²) in [6.45, 7) is 9.18. The lowest BCUT2D eigenvalue weighted by atomic mass is 10.0. The smallest absolute Gasteiger partial charge is 0.349 e. The number of anilines is 1. The molecule has 0 aromatic heterocycles. The Balaban J connectivity index is 1.79. The fraction of sp³-hybridized carbons (Fsp3) is 0.417. The number of benzene rings is 2. The Morgan fingerprint density at radius 1 is 1.24 bits per heavy atom. The van der Waals surface area contributed by atoms with E-state index in [1.54, 1.807) is 20.8 Å². The van der Waals surface area contributed by atoms with Crippen LogP contribution in [0, 0.1) is 19.7 Å². The molecule has 0 radical (unpaired) electrons. The first kappa shape index (κ1) is 24.8. The quantitative estimate of drug-likeness (QED) is 0.589. The summed E-state index contributed by atoms with van der Waals surface area (Å²) in [7, 11) is 0. The molecule has 1 fully saturated rings. The molecule has 2 aromatic carbocycles. The predicted molar refractivity (Wildman–Crippen MR) is 123 cm³/mol. The van der Waals surface area contributed by atoms with Crippen molar-refractivity contribution in [1.29, 1.82) is 0 Å². The second-order valence-electron chi connectivity index (χ2n) is 8.49. The Kier molecular flexibility index (Phi) is 7.19. The molecule has 3 rings (SSSR count). The molecule has 1 heterocycles. The van der Waals surface area contributed by atoms with Crippen LogP contribution in [0.25, 0.3) is 0 Å². The van der Waals surface area contributed by atoms with E-state index in [0.29, 0.717) is 11.4 Å². The average molecular weight is 479 g/mol. The number of carbonyl (C=O) groups is 2. The highest BCUT2D eigenvalue weighted by molar-refractivity contribution is 6.31. The van der Waals surface area contributed by atoms with E-state index in [0.717, 1.165) is 16.7 Å². The summed E-state index contributed by atoms with van der Waals surface area (Å²) in [6.07, 6.45) is -1.04. The molecule has 1 aliphatic rings. The first-order valence-corrected chi connectivity index (χ1v) is 11.0. The number of halogens is 2. The minimum atomic E-state index is -1.16. The maximum absolute atomic E-state index is 13.5. The maximum Gasteiger partial charge on any atom is 0.349 e. The summed E-state index contributed by atoms with van der Waals surface area (Å²) in [5, 5.41) is 10.4. The lowest BCUT2D eigenvalue weighted by Gasteiger charge is -2.27. The minimum absolute atomic E-state index is 0.0354. The van der Waals surface area contributed by atoms with Gasteiger partial charge in [-0.1, -0.05) is 23.7 Å². The van der Waals surface area contributed by atoms with Crippen molar-refractivity contribution in [2.24, 2.45) is 0 Å². The third kappa shape index (κ3) is 5.23. The Morgan fingerprint density at radius 2 is 1.88 bits per heavy atom. The van der Waals surface area contributed by atoms with E-state index in [1.165, 1.54) is 28.0 Å². The topological polar surface area (TPSA) is 79.3 Å².